The Morgan fingerprint density at radius 2 is 1.85 bits per heavy atom. The van der Waals surface area contributed by atoms with Crippen molar-refractivity contribution in [2.24, 2.45) is 4.40 Å². The summed E-state index contributed by atoms with van der Waals surface area (Å²) in [5, 5.41) is 0. The molecule has 0 spiro atoms. The molecule has 20 heavy (non-hydrogen) atoms. The molecule has 0 saturated heterocycles. The summed E-state index contributed by atoms with van der Waals surface area (Å²) in [5.41, 5.74) is 0.641. The van der Waals surface area contributed by atoms with Gasteiger partial charge in [-0.1, -0.05) is 0 Å². The van der Waals surface area contributed by atoms with Gasteiger partial charge in [-0.15, -0.1) is 4.40 Å². The zero-order valence-corrected chi connectivity index (χ0v) is 11.1. The van der Waals surface area contributed by atoms with Crippen LogP contribution in [-0.2, 0) is 10.0 Å². The van der Waals surface area contributed by atoms with Gasteiger partial charge in [0.25, 0.3) is 10.0 Å². The van der Waals surface area contributed by atoms with E-state index < -0.39 is 21.7 Å². The van der Waals surface area contributed by atoms with Gasteiger partial charge in [0.05, 0.1) is 5.75 Å². The predicted octanol–water partition coefficient (Wildman–Crippen LogP) is 1.92. The maximum atomic E-state index is 13.3. The summed E-state index contributed by atoms with van der Waals surface area (Å²) in [6.07, 6.45) is 4.96. The SMILES string of the molecule is O=S1(=O)CCN2C=CC=C(c3cc(F)cc(F)c3)C2=N1. The molecule has 0 N–H and O–H groups in total. The lowest BCUT2D eigenvalue weighted by molar-refractivity contribution is 0.550. The summed E-state index contributed by atoms with van der Waals surface area (Å²) in [6, 6.07) is 3.06. The van der Waals surface area contributed by atoms with E-state index in [1.54, 1.807) is 23.3 Å². The molecule has 0 bridgehead atoms. The van der Waals surface area contributed by atoms with Crippen LogP contribution in [0.2, 0.25) is 0 Å². The average Bonchev–Trinajstić information content (AvgIpc) is 2.35. The number of fused-ring (bicyclic) bond motifs is 1. The lowest BCUT2D eigenvalue weighted by Crippen LogP contribution is -2.37. The lowest BCUT2D eigenvalue weighted by atomic mass is 10.0. The Labute approximate surface area is 114 Å². The first kappa shape index (κ1) is 13.0. The smallest absolute Gasteiger partial charge is 0.256 e. The van der Waals surface area contributed by atoms with Crippen molar-refractivity contribution in [2.45, 2.75) is 0 Å². The molecule has 104 valence electrons. The minimum atomic E-state index is -3.53. The van der Waals surface area contributed by atoms with E-state index in [2.05, 4.69) is 4.40 Å². The van der Waals surface area contributed by atoms with E-state index in [0.29, 0.717) is 5.57 Å². The molecular formula is C13H10F2N2O2S. The molecule has 1 aromatic carbocycles. The minimum Gasteiger partial charge on any atom is -0.331 e. The molecule has 0 amide bonds. The maximum absolute atomic E-state index is 13.3. The van der Waals surface area contributed by atoms with E-state index in [-0.39, 0.29) is 23.7 Å². The van der Waals surface area contributed by atoms with Crippen LogP contribution in [0.25, 0.3) is 5.57 Å². The van der Waals surface area contributed by atoms with Crippen LogP contribution in [0, 0.1) is 11.6 Å². The highest BCUT2D eigenvalue weighted by Gasteiger charge is 2.27. The van der Waals surface area contributed by atoms with Crippen molar-refractivity contribution in [3.63, 3.8) is 0 Å². The quantitative estimate of drug-likeness (QED) is 0.795. The summed E-state index contributed by atoms with van der Waals surface area (Å²) in [6.45, 7) is 0.271. The summed E-state index contributed by atoms with van der Waals surface area (Å²) in [5.74, 6) is -1.32. The Hall–Kier alpha value is -2.02. The second-order valence-electron chi connectivity index (χ2n) is 4.47. The van der Waals surface area contributed by atoms with Gasteiger partial charge in [-0.2, -0.15) is 0 Å². The molecule has 0 fully saturated rings. The van der Waals surface area contributed by atoms with E-state index in [0.717, 1.165) is 18.2 Å². The lowest BCUT2D eigenvalue weighted by Gasteiger charge is -2.29. The van der Waals surface area contributed by atoms with Gasteiger partial charge in [0.15, 0.2) is 5.84 Å². The average molecular weight is 296 g/mol. The Morgan fingerprint density at radius 1 is 1.15 bits per heavy atom. The number of hydrogen-bond donors (Lipinski definition) is 0. The highest BCUT2D eigenvalue weighted by Crippen LogP contribution is 2.26. The second kappa shape index (κ2) is 4.52. The number of amidine groups is 1. The molecular weight excluding hydrogens is 286 g/mol. The molecule has 0 radical (unpaired) electrons. The minimum absolute atomic E-state index is 0.0777. The highest BCUT2D eigenvalue weighted by molar-refractivity contribution is 7.90. The van der Waals surface area contributed by atoms with Crippen LogP contribution >= 0.6 is 0 Å². The fraction of sp³-hybridized carbons (Fsp3) is 0.154. The van der Waals surface area contributed by atoms with Crippen LogP contribution in [0.1, 0.15) is 5.56 Å². The van der Waals surface area contributed by atoms with Crippen molar-refractivity contribution in [3.05, 3.63) is 53.7 Å². The summed E-state index contributed by atoms with van der Waals surface area (Å²) in [4.78, 5) is 1.65. The van der Waals surface area contributed by atoms with Gasteiger partial charge in [0.2, 0.25) is 0 Å². The van der Waals surface area contributed by atoms with E-state index in [1.165, 1.54) is 0 Å². The number of allylic oxidation sites excluding steroid dienone is 2. The molecule has 1 aromatic rings. The molecule has 2 aliphatic rings. The van der Waals surface area contributed by atoms with Crippen molar-refractivity contribution in [1.82, 2.24) is 4.90 Å². The van der Waals surface area contributed by atoms with E-state index in [9.17, 15) is 17.2 Å². The standard InChI is InChI=1S/C13H10F2N2O2S/c14-10-6-9(7-11(15)8-10)12-2-1-3-17-4-5-20(18,19)16-13(12)17/h1-3,6-8H,4-5H2. The molecule has 0 saturated carbocycles. The summed E-state index contributed by atoms with van der Waals surface area (Å²) < 4.78 is 53.5. The van der Waals surface area contributed by atoms with Gasteiger partial charge < -0.3 is 4.90 Å². The Kier molecular flexibility index (Phi) is 2.93. The molecule has 2 aliphatic heterocycles. The van der Waals surface area contributed by atoms with Gasteiger partial charge in [-0.05, 0) is 29.8 Å². The third-order valence-corrected chi connectivity index (χ3v) is 4.18. The van der Waals surface area contributed by atoms with Crippen LogP contribution in [0.4, 0.5) is 8.78 Å². The van der Waals surface area contributed by atoms with E-state index in [4.69, 9.17) is 0 Å². The first-order chi connectivity index (χ1) is 9.44. The van der Waals surface area contributed by atoms with Crippen molar-refractivity contribution >= 4 is 21.4 Å². The summed E-state index contributed by atoms with van der Waals surface area (Å²) in [7, 11) is -3.53. The molecule has 0 aliphatic carbocycles. The van der Waals surface area contributed by atoms with Gasteiger partial charge in [-0.3, -0.25) is 0 Å². The number of halogens is 2. The Balaban J connectivity index is 2.15. The molecule has 2 heterocycles. The molecule has 7 heteroatoms. The van der Waals surface area contributed by atoms with Gasteiger partial charge in [0, 0.05) is 24.4 Å². The van der Waals surface area contributed by atoms with E-state index in [1.807, 2.05) is 0 Å². The normalized spacial score (nSPS) is 20.2. The van der Waals surface area contributed by atoms with Crippen molar-refractivity contribution in [2.75, 3.05) is 12.3 Å². The van der Waals surface area contributed by atoms with Crippen LogP contribution in [0.3, 0.4) is 0 Å². The zero-order chi connectivity index (χ0) is 14.3. The molecule has 0 atom stereocenters. The Morgan fingerprint density at radius 3 is 2.55 bits per heavy atom. The monoisotopic (exact) mass is 296 g/mol. The summed E-state index contributed by atoms with van der Waals surface area (Å²) >= 11 is 0. The zero-order valence-electron chi connectivity index (χ0n) is 10.3. The number of rotatable bonds is 1. The molecule has 4 nitrogen and oxygen atoms in total. The van der Waals surface area contributed by atoms with Crippen LogP contribution in [-0.4, -0.2) is 31.5 Å². The number of sulfonamides is 1. The number of hydrogen-bond acceptors (Lipinski definition) is 3. The topological polar surface area (TPSA) is 49.7 Å². The molecule has 3 rings (SSSR count). The van der Waals surface area contributed by atoms with Crippen molar-refractivity contribution in [1.29, 1.82) is 0 Å². The van der Waals surface area contributed by atoms with Gasteiger partial charge >= 0.3 is 0 Å². The number of nitrogens with zero attached hydrogens (tertiary/aromatic N) is 2. The fourth-order valence-corrected chi connectivity index (χ4v) is 3.14. The number of benzene rings is 1. The third kappa shape index (κ3) is 2.36. The van der Waals surface area contributed by atoms with Crippen LogP contribution < -0.4 is 0 Å². The van der Waals surface area contributed by atoms with Gasteiger partial charge in [0.1, 0.15) is 11.6 Å². The highest BCUT2D eigenvalue weighted by atomic mass is 32.2. The van der Waals surface area contributed by atoms with Crippen LogP contribution in [0.15, 0.2) is 40.9 Å². The fourth-order valence-electron chi connectivity index (χ4n) is 2.15. The largest absolute Gasteiger partial charge is 0.331 e. The molecule has 0 aromatic heterocycles. The maximum Gasteiger partial charge on any atom is 0.256 e. The van der Waals surface area contributed by atoms with Crippen molar-refractivity contribution < 1.29 is 17.2 Å². The first-order valence-corrected chi connectivity index (χ1v) is 7.50. The predicted molar refractivity (Wildman–Crippen MR) is 71.4 cm³/mol. The van der Waals surface area contributed by atoms with Crippen LogP contribution in [0.5, 0.6) is 0 Å². The second-order valence-corrected chi connectivity index (χ2v) is 6.23. The van der Waals surface area contributed by atoms with Crippen molar-refractivity contribution in [3.8, 4) is 0 Å². The molecule has 0 unspecified atom stereocenters. The first-order valence-electron chi connectivity index (χ1n) is 5.89. The third-order valence-electron chi connectivity index (χ3n) is 3.03. The van der Waals surface area contributed by atoms with E-state index >= 15 is 0 Å². The van der Waals surface area contributed by atoms with Gasteiger partial charge in [-0.25, -0.2) is 17.2 Å². The Bertz CT molecular complexity index is 746.